The molecule has 0 fully saturated rings. The monoisotopic (exact) mass is 590 g/mol. The van der Waals surface area contributed by atoms with Crippen LogP contribution < -0.4 is 10.6 Å². The third kappa shape index (κ3) is 6.31. The largest absolute Gasteiger partial charge is 0.469 e. The molecule has 3 heterocycles. The van der Waals surface area contributed by atoms with Crippen molar-refractivity contribution in [2.75, 3.05) is 12.4 Å². The Balaban J connectivity index is 1.46. The Bertz CT molecular complexity index is 1660. The van der Waals surface area contributed by atoms with Crippen molar-refractivity contribution < 1.29 is 23.5 Å². The van der Waals surface area contributed by atoms with Gasteiger partial charge in [-0.2, -0.15) is 15.3 Å². The molecule has 2 aromatic heterocycles. The fraction of sp³-hybridized carbons (Fsp3) is 0.267. The summed E-state index contributed by atoms with van der Waals surface area (Å²) in [6, 6.07) is 11.2. The number of hydrogen-bond acceptors (Lipinski definition) is 7. The van der Waals surface area contributed by atoms with E-state index in [1.54, 1.807) is 24.4 Å². The molecule has 10 nitrogen and oxygen atoms in total. The highest BCUT2D eigenvalue weighted by Crippen LogP contribution is 2.32. The number of benzene rings is 2. The van der Waals surface area contributed by atoms with E-state index in [1.165, 1.54) is 36.3 Å². The number of ether oxygens (including phenoxy) is 1. The van der Waals surface area contributed by atoms with Gasteiger partial charge in [-0.25, -0.2) is 9.07 Å². The van der Waals surface area contributed by atoms with Gasteiger partial charge in [0.1, 0.15) is 5.69 Å². The van der Waals surface area contributed by atoms with Gasteiger partial charge in [0, 0.05) is 28.9 Å². The normalized spacial score (nSPS) is 16.8. The second-order valence-electron chi connectivity index (χ2n) is 10.1. The molecule has 216 valence electrons. The van der Waals surface area contributed by atoms with Crippen molar-refractivity contribution in [2.24, 2.45) is 5.92 Å². The van der Waals surface area contributed by atoms with Crippen molar-refractivity contribution in [2.45, 2.75) is 38.6 Å². The highest BCUT2D eigenvalue weighted by molar-refractivity contribution is 6.30. The van der Waals surface area contributed by atoms with Crippen LogP contribution in [0.4, 0.5) is 10.1 Å². The first kappa shape index (κ1) is 28.9. The number of esters is 1. The summed E-state index contributed by atoms with van der Waals surface area (Å²) >= 11 is 5.90. The molecule has 1 aliphatic heterocycles. The summed E-state index contributed by atoms with van der Waals surface area (Å²) in [7, 11) is 1.32. The van der Waals surface area contributed by atoms with E-state index in [9.17, 15) is 18.8 Å². The van der Waals surface area contributed by atoms with Crippen LogP contribution in [0.3, 0.4) is 0 Å². The maximum Gasteiger partial charge on any atom is 0.309 e. The highest BCUT2D eigenvalue weighted by atomic mass is 35.5. The smallest absolute Gasteiger partial charge is 0.309 e. The molecule has 0 saturated carbocycles. The molecule has 2 N–H and O–H groups in total. The Labute approximate surface area is 246 Å². The van der Waals surface area contributed by atoms with Crippen LogP contribution in [0.15, 0.2) is 61.1 Å². The van der Waals surface area contributed by atoms with E-state index in [2.05, 4.69) is 25.9 Å². The molecular formula is C30H28ClFN6O4. The van der Waals surface area contributed by atoms with Gasteiger partial charge < -0.3 is 15.4 Å². The number of nitrogens with one attached hydrogen (secondary N) is 2. The average molecular weight is 591 g/mol. The Morgan fingerprint density at radius 3 is 2.83 bits per heavy atom. The number of anilines is 1. The summed E-state index contributed by atoms with van der Waals surface area (Å²) < 4.78 is 20.5. The fourth-order valence-corrected chi connectivity index (χ4v) is 4.96. The molecule has 0 aliphatic carbocycles. The number of fused-ring (bicyclic) bond motifs is 4. The van der Waals surface area contributed by atoms with E-state index in [-0.39, 0.29) is 34.5 Å². The van der Waals surface area contributed by atoms with Gasteiger partial charge in [0.15, 0.2) is 5.82 Å². The van der Waals surface area contributed by atoms with Gasteiger partial charge in [-0.05, 0) is 42.7 Å². The number of aromatic nitrogens is 4. The molecule has 2 aromatic carbocycles. The number of carbonyl (C=O) groups is 3. The Kier molecular flexibility index (Phi) is 8.58. The maximum atomic E-state index is 14.5. The summed E-state index contributed by atoms with van der Waals surface area (Å²) in [4.78, 5) is 38.2. The molecule has 12 heteroatoms. The third-order valence-electron chi connectivity index (χ3n) is 7.17. The second-order valence-corrected chi connectivity index (χ2v) is 10.5. The van der Waals surface area contributed by atoms with Crippen LogP contribution in [0.25, 0.3) is 16.8 Å². The average Bonchev–Trinajstić information content (AvgIpc) is 3.48. The zero-order chi connectivity index (χ0) is 29.8. The van der Waals surface area contributed by atoms with Crippen molar-refractivity contribution in [1.29, 1.82) is 0 Å². The predicted octanol–water partition coefficient (Wildman–Crippen LogP) is 5.07. The van der Waals surface area contributed by atoms with Crippen molar-refractivity contribution >= 4 is 35.1 Å². The summed E-state index contributed by atoms with van der Waals surface area (Å²) in [6.07, 6.45) is 6.10. The number of halogens is 2. The lowest BCUT2D eigenvalue weighted by Crippen LogP contribution is -2.30. The Morgan fingerprint density at radius 1 is 1.19 bits per heavy atom. The van der Waals surface area contributed by atoms with Crippen LogP contribution in [0.2, 0.25) is 5.02 Å². The zero-order valence-electron chi connectivity index (χ0n) is 22.9. The Hall–Kier alpha value is -4.64. The van der Waals surface area contributed by atoms with Crippen molar-refractivity contribution in [3.05, 3.63) is 88.7 Å². The first-order valence-corrected chi connectivity index (χ1v) is 13.7. The molecule has 42 heavy (non-hydrogen) atoms. The molecule has 1 aliphatic rings. The molecule has 2 bridgehead atoms. The number of rotatable bonds is 5. The lowest BCUT2D eigenvalue weighted by molar-refractivity contribution is -0.139. The molecule has 0 spiro atoms. The highest BCUT2D eigenvalue weighted by Gasteiger charge is 2.24. The van der Waals surface area contributed by atoms with Crippen LogP contribution in [-0.2, 0) is 20.7 Å². The van der Waals surface area contributed by atoms with Gasteiger partial charge in [0.05, 0.1) is 48.2 Å². The molecule has 0 saturated heterocycles. The van der Waals surface area contributed by atoms with Gasteiger partial charge in [-0.15, -0.1) is 0 Å². The summed E-state index contributed by atoms with van der Waals surface area (Å²) in [5, 5.41) is 18.6. The number of carbonyl (C=O) groups excluding carboxylic acids is 3. The predicted molar refractivity (Wildman–Crippen MR) is 154 cm³/mol. The summed E-state index contributed by atoms with van der Waals surface area (Å²) in [5.41, 5.74) is 3.47. The van der Waals surface area contributed by atoms with E-state index in [0.717, 1.165) is 0 Å². The van der Waals surface area contributed by atoms with Gasteiger partial charge >= 0.3 is 5.97 Å². The quantitative estimate of drug-likeness (QED) is 0.311. The van der Waals surface area contributed by atoms with Crippen molar-refractivity contribution in [3.8, 4) is 16.8 Å². The van der Waals surface area contributed by atoms with Crippen molar-refractivity contribution in [1.82, 2.24) is 25.3 Å². The number of hydrogen-bond donors (Lipinski definition) is 2. The number of methoxy groups -OCH3 is 1. The maximum absolute atomic E-state index is 14.5. The van der Waals surface area contributed by atoms with E-state index < -0.39 is 23.7 Å². The van der Waals surface area contributed by atoms with Gasteiger partial charge in [-0.1, -0.05) is 43.1 Å². The standard InChI is InChI=1S/C30H28ClFN6O4/c1-17-5-3-7-23(35-30(41)20-15-34-38(16-20)26-8-4-6-22(31)28(26)32)25-13-19(14-33-37-25)21-10-9-18(12-27(39)42-2)11-24(21)36-29(17)40/h4,6,8-11,13-17,23H,3,5,7,12H2,1-2H3,(H,35,41)(H,36,40)/t17?,23-/m0/s1. The lowest BCUT2D eigenvalue weighted by atomic mass is 9.95. The molecule has 2 atom stereocenters. The molecule has 0 radical (unpaired) electrons. The molecular weight excluding hydrogens is 563 g/mol. The van der Waals surface area contributed by atoms with Crippen LogP contribution in [-0.4, -0.2) is 44.9 Å². The third-order valence-corrected chi connectivity index (χ3v) is 7.46. The molecule has 2 amide bonds. The summed E-state index contributed by atoms with van der Waals surface area (Å²) in [6.45, 7) is 1.84. The molecule has 4 aromatic rings. The van der Waals surface area contributed by atoms with Crippen LogP contribution in [0, 0.1) is 11.7 Å². The minimum atomic E-state index is -0.642. The molecule has 1 unspecified atom stereocenters. The van der Waals surface area contributed by atoms with Gasteiger partial charge in [0.25, 0.3) is 5.91 Å². The second kappa shape index (κ2) is 12.5. The number of nitrogens with zero attached hydrogens (tertiary/aromatic N) is 4. The Morgan fingerprint density at radius 2 is 2.02 bits per heavy atom. The van der Waals surface area contributed by atoms with E-state index in [0.29, 0.717) is 47.3 Å². The minimum Gasteiger partial charge on any atom is -0.469 e. The zero-order valence-corrected chi connectivity index (χ0v) is 23.7. The van der Waals surface area contributed by atoms with Crippen LogP contribution >= 0.6 is 11.6 Å². The lowest BCUT2D eigenvalue weighted by Gasteiger charge is -2.22. The van der Waals surface area contributed by atoms with E-state index in [1.807, 2.05) is 19.1 Å². The topological polar surface area (TPSA) is 128 Å². The van der Waals surface area contributed by atoms with E-state index >= 15 is 0 Å². The van der Waals surface area contributed by atoms with Crippen LogP contribution in [0.1, 0.15) is 53.8 Å². The first-order valence-electron chi connectivity index (χ1n) is 13.4. The molecule has 5 rings (SSSR count). The van der Waals surface area contributed by atoms with E-state index in [4.69, 9.17) is 16.3 Å². The van der Waals surface area contributed by atoms with Crippen molar-refractivity contribution in [3.63, 3.8) is 0 Å². The fourth-order valence-electron chi connectivity index (χ4n) is 4.79. The number of amides is 2. The first-order chi connectivity index (χ1) is 20.2. The van der Waals surface area contributed by atoms with Gasteiger partial charge in [0.2, 0.25) is 5.91 Å². The minimum absolute atomic E-state index is 0.0511. The van der Waals surface area contributed by atoms with Gasteiger partial charge in [-0.3, -0.25) is 14.4 Å². The van der Waals surface area contributed by atoms with Crippen LogP contribution in [0.5, 0.6) is 0 Å². The summed E-state index contributed by atoms with van der Waals surface area (Å²) in [5.74, 6) is -1.93. The SMILES string of the molecule is COC(=O)Cc1ccc2c(c1)NC(=O)C(C)CCC[C@H](NC(=O)c1cnn(-c3cccc(Cl)c3F)c1)c1cc-2cnn1.